The van der Waals surface area contributed by atoms with Gasteiger partial charge < -0.3 is 5.11 Å². The first-order valence-corrected chi connectivity index (χ1v) is 7.78. The smallest absolute Gasteiger partial charge is 0.337 e. The number of rotatable bonds is 3. The molecule has 0 heterocycles. The van der Waals surface area contributed by atoms with Crippen LogP contribution >= 0.6 is 15.9 Å². The Morgan fingerprint density at radius 2 is 1.83 bits per heavy atom. The van der Waals surface area contributed by atoms with Crippen LogP contribution in [0.3, 0.4) is 0 Å². The summed E-state index contributed by atoms with van der Waals surface area (Å²) in [6.45, 7) is 0. The molecule has 0 aliphatic heterocycles. The highest BCUT2D eigenvalue weighted by molar-refractivity contribution is 9.10. The van der Waals surface area contributed by atoms with E-state index < -0.39 is 15.8 Å². The summed E-state index contributed by atoms with van der Waals surface area (Å²) in [4.78, 5) is 11.0. The molecule has 0 saturated heterocycles. The number of fused-ring (bicyclic) bond motifs is 1. The third kappa shape index (κ3) is 2.13. The fourth-order valence-electron chi connectivity index (χ4n) is 1.80. The molecule has 0 aliphatic carbocycles. The zero-order chi connectivity index (χ0) is 13.3. The van der Waals surface area contributed by atoms with Gasteiger partial charge in [-0.1, -0.05) is 46.3 Å². The molecule has 2 aromatic rings. The normalized spacial score (nSPS) is 11.6. The van der Waals surface area contributed by atoms with Crippen molar-refractivity contribution in [1.82, 2.24) is 0 Å². The maximum Gasteiger partial charge on any atom is 0.337 e. The number of carbonyl (C=O) groups is 1. The lowest BCUT2D eigenvalue weighted by molar-refractivity contribution is 0.0693. The van der Waals surface area contributed by atoms with Crippen molar-refractivity contribution in [1.29, 1.82) is 0 Å². The van der Waals surface area contributed by atoms with Gasteiger partial charge in [0.05, 0.1) is 10.5 Å². The number of hydrogen-bond donors (Lipinski definition) is 1. The molecular formula is C12H9BrO4S. The maximum absolute atomic E-state index is 12.0. The third-order valence-corrected chi connectivity index (χ3v) is 5.72. The molecule has 0 aromatic heterocycles. The van der Waals surface area contributed by atoms with Crippen molar-refractivity contribution in [3.63, 3.8) is 0 Å². The minimum absolute atomic E-state index is 0.134. The Hall–Kier alpha value is -1.40. The molecule has 2 aromatic carbocycles. The van der Waals surface area contributed by atoms with E-state index in [2.05, 4.69) is 15.9 Å². The summed E-state index contributed by atoms with van der Waals surface area (Å²) in [6, 6.07) is 9.73. The Bertz CT molecular complexity index is 722. The number of carboxylic acids is 1. The average Bonchev–Trinajstić information content (AvgIpc) is 2.37. The van der Waals surface area contributed by atoms with E-state index in [1.807, 2.05) is 0 Å². The summed E-state index contributed by atoms with van der Waals surface area (Å²) < 4.78 is 23.7. The van der Waals surface area contributed by atoms with E-state index in [1.54, 1.807) is 30.3 Å². The number of carboxylic acid groups (broad SMARTS) is 1. The van der Waals surface area contributed by atoms with Gasteiger partial charge in [-0.3, -0.25) is 0 Å². The average molecular weight is 329 g/mol. The van der Waals surface area contributed by atoms with Gasteiger partial charge in [0.15, 0.2) is 9.84 Å². The van der Waals surface area contributed by atoms with E-state index in [9.17, 15) is 13.2 Å². The van der Waals surface area contributed by atoms with Crippen LogP contribution in [0.25, 0.3) is 10.8 Å². The van der Waals surface area contributed by atoms with Gasteiger partial charge in [0.25, 0.3) is 0 Å². The molecule has 0 bridgehead atoms. The van der Waals surface area contributed by atoms with Crippen LogP contribution in [0.15, 0.2) is 41.3 Å². The van der Waals surface area contributed by atoms with Crippen LogP contribution in [-0.4, -0.2) is 24.2 Å². The summed E-state index contributed by atoms with van der Waals surface area (Å²) in [5.41, 5.74) is -0.201. The first-order chi connectivity index (χ1) is 8.47. The molecule has 0 spiro atoms. The number of halogens is 1. The Kier molecular flexibility index (Phi) is 3.41. The van der Waals surface area contributed by atoms with E-state index in [0.717, 1.165) is 0 Å². The van der Waals surface area contributed by atoms with E-state index in [-0.39, 0.29) is 15.1 Å². The molecule has 0 amide bonds. The number of alkyl halides is 1. The van der Waals surface area contributed by atoms with Crippen LogP contribution in [0.4, 0.5) is 0 Å². The molecule has 94 valence electrons. The molecule has 0 radical (unpaired) electrons. The van der Waals surface area contributed by atoms with Gasteiger partial charge in [0.1, 0.15) is 4.66 Å². The van der Waals surface area contributed by atoms with Gasteiger partial charge in [0.2, 0.25) is 0 Å². The quantitative estimate of drug-likeness (QED) is 0.879. The monoisotopic (exact) mass is 328 g/mol. The van der Waals surface area contributed by atoms with Crippen molar-refractivity contribution in [2.24, 2.45) is 0 Å². The van der Waals surface area contributed by atoms with Crippen molar-refractivity contribution >= 4 is 42.5 Å². The lowest BCUT2D eigenvalue weighted by Crippen LogP contribution is -2.10. The number of hydrogen-bond acceptors (Lipinski definition) is 3. The van der Waals surface area contributed by atoms with Gasteiger partial charge in [-0.2, -0.15) is 0 Å². The lowest BCUT2D eigenvalue weighted by atomic mass is 10.1. The van der Waals surface area contributed by atoms with Crippen LogP contribution in [0.1, 0.15) is 10.4 Å². The van der Waals surface area contributed by atoms with Crippen molar-refractivity contribution < 1.29 is 18.3 Å². The van der Waals surface area contributed by atoms with Gasteiger partial charge >= 0.3 is 5.97 Å². The standard InChI is InChI=1S/C12H9BrO4S/c13-7-18(16,17)11-9-4-2-1-3-8(9)5-6-10(11)12(14)15/h1-6H,7H2,(H,14,15). The molecular weight excluding hydrogens is 320 g/mol. The van der Waals surface area contributed by atoms with Gasteiger partial charge in [-0.25, -0.2) is 13.2 Å². The van der Waals surface area contributed by atoms with Crippen LogP contribution in [0.2, 0.25) is 0 Å². The fourth-order valence-corrected chi connectivity index (χ4v) is 3.61. The van der Waals surface area contributed by atoms with E-state index in [4.69, 9.17) is 5.11 Å². The Labute approximate surface area is 112 Å². The van der Waals surface area contributed by atoms with Crippen LogP contribution in [0.5, 0.6) is 0 Å². The number of sulfone groups is 1. The summed E-state index contributed by atoms with van der Waals surface area (Å²) >= 11 is 2.90. The Balaban J connectivity index is 2.97. The molecule has 1 N–H and O–H groups in total. The first-order valence-electron chi connectivity index (χ1n) is 5.01. The highest BCUT2D eigenvalue weighted by atomic mass is 79.9. The van der Waals surface area contributed by atoms with Gasteiger partial charge in [0, 0.05) is 5.39 Å². The molecule has 0 fully saturated rings. The second-order valence-corrected chi connectivity index (χ2v) is 6.92. The molecule has 2 rings (SSSR count). The SMILES string of the molecule is O=C(O)c1ccc2ccccc2c1S(=O)(=O)CBr. The zero-order valence-corrected chi connectivity index (χ0v) is 11.5. The second-order valence-electron chi connectivity index (χ2n) is 3.69. The minimum atomic E-state index is -3.66. The minimum Gasteiger partial charge on any atom is -0.478 e. The van der Waals surface area contributed by atoms with Crippen molar-refractivity contribution in [2.75, 3.05) is 4.66 Å². The largest absolute Gasteiger partial charge is 0.478 e. The molecule has 0 unspecified atom stereocenters. The van der Waals surface area contributed by atoms with Crippen LogP contribution in [-0.2, 0) is 9.84 Å². The maximum atomic E-state index is 12.0. The molecule has 0 saturated carbocycles. The molecule has 18 heavy (non-hydrogen) atoms. The molecule has 0 atom stereocenters. The summed E-state index contributed by atoms with van der Waals surface area (Å²) in [6.07, 6.45) is 0. The van der Waals surface area contributed by atoms with Crippen molar-refractivity contribution in [2.45, 2.75) is 4.90 Å². The highest BCUT2D eigenvalue weighted by Crippen LogP contribution is 2.28. The summed E-state index contributed by atoms with van der Waals surface area (Å²) in [5, 5.41) is 10.2. The second kappa shape index (κ2) is 4.70. The van der Waals surface area contributed by atoms with Crippen LogP contribution < -0.4 is 0 Å². The van der Waals surface area contributed by atoms with Gasteiger partial charge in [-0.15, -0.1) is 0 Å². The fraction of sp³-hybridized carbons (Fsp3) is 0.0833. The molecule has 6 heteroatoms. The van der Waals surface area contributed by atoms with E-state index in [1.165, 1.54) is 6.07 Å². The van der Waals surface area contributed by atoms with E-state index >= 15 is 0 Å². The van der Waals surface area contributed by atoms with Crippen LogP contribution in [0, 0.1) is 0 Å². The third-order valence-electron chi connectivity index (χ3n) is 2.56. The first kappa shape index (κ1) is 13.0. The summed E-state index contributed by atoms with van der Waals surface area (Å²) in [5.74, 6) is -1.25. The lowest BCUT2D eigenvalue weighted by Gasteiger charge is -2.09. The van der Waals surface area contributed by atoms with E-state index in [0.29, 0.717) is 10.8 Å². The predicted octanol–water partition coefficient (Wildman–Crippen LogP) is 2.66. The predicted molar refractivity (Wildman–Crippen MR) is 71.9 cm³/mol. The summed E-state index contributed by atoms with van der Waals surface area (Å²) in [7, 11) is -3.66. The molecule has 0 aliphatic rings. The topological polar surface area (TPSA) is 71.4 Å². The molecule has 4 nitrogen and oxygen atoms in total. The Morgan fingerprint density at radius 1 is 1.17 bits per heavy atom. The van der Waals surface area contributed by atoms with Gasteiger partial charge in [-0.05, 0) is 11.5 Å². The van der Waals surface area contributed by atoms with Crippen molar-refractivity contribution in [3.8, 4) is 0 Å². The Morgan fingerprint density at radius 3 is 2.44 bits per heavy atom. The number of aromatic carboxylic acids is 1. The number of benzene rings is 2. The zero-order valence-electron chi connectivity index (χ0n) is 9.13. The van der Waals surface area contributed by atoms with Crippen molar-refractivity contribution in [3.05, 3.63) is 42.0 Å². The highest BCUT2D eigenvalue weighted by Gasteiger charge is 2.23.